The minimum Gasteiger partial charge on any atom is -0.325 e. The van der Waals surface area contributed by atoms with Crippen LogP contribution in [-0.4, -0.2) is 29.9 Å². The average molecular weight is 392 g/mol. The topological polar surface area (TPSA) is 225 Å². The van der Waals surface area contributed by atoms with Gasteiger partial charge in [-0.25, -0.2) is 29.9 Å². The van der Waals surface area contributed by atoms with Crippen molar-refractivity contribution in [3.8, 4) is 24.3 Å². The zero-order valence-electron chi connectivity index (χ0n) is 15.0. The van der Waals surface area contributed by atoms with Crippen molar-refractivity contribution in [2.75, 3.05) is 0 Å². The first kappa shape index (κ1) is 18.5. The standard InChI is InChI=1S/C18H8N12/c19-1-7-8(2-20)26-14-13(25-7)15-17(29-10(4-22)9(3-21)27-15)18-16(14)28-11(5-23)12(6-24)30-18/h1,4,19,22H2. The van der Waals surface area contributed by atoms with Gasteiger partial charge in [-0.2, -0.15) is 21.0 Å². The number of rotatable bonds is 2. The molecule has 0 atom stereocenters. The molecule has 4 aromatic rings. The van der Waals surface area contributed by atoms with Crippen LogP contribution in [0.5, 0.6) is 0 Å². The van der Waals surface area contributed by atoms with Crippen LogP contribution in [-0.2, 0) is 13.1 Å². The molecule has 0 radical (unpaired) electrons. The van der Waals surface area contributed by atoms with Crippen LogP contribution in [0.2, 0.25) is 0 Å². The van der Waals surface area contributed by atoms with Crippen LogP contribution in [0.25, 0.3) is 33.1 Å². The van der Waals surface area contributed by atoms with E-state index in [0.717, 1.165) is 0 Å². The molecule has 4 N–H and O–H groups in total. The SMILES string of the molecule is N#Cc1nc2c(nc1C#N)c1nc(CN)c(C#N)nc1c1nc(CN)c(C#N)nc21. The highest BCUT2D eigenvalue weighted by Gasteiger charge is 2.22. The van der Waals surface area contributed by atoms with Crippen LogP contribution in [0.3, 0.4) is 0 Å². The number of nitriles is 4. The summed E-state index contributed by atoms with van der Waals surface area (Å²) < 4.78 is 0. The average Bonchev–Trinajstić information content (AvgIpc) is 2.81. The first-order valence-electron chi connectivity index (χ1n) is 8.35. The lowest BCUT2D eigenvalue weighted by molar-refractivity contribution is 0.966. The van der Waals surface area contributed by atoms with Crippen LogP contribution in [0.15, 0.2) is 0 Å². The lowest BCUT2D eigenvalue weighted by Gasteiger charge is -2.11. The Morgan fingerprint density at radius 1 is 0.467 bits per heavy atom. The van der Waals surface area contributed by atoms with E-state index < -0.39 is 0 Å². The second kappa shape index (κ2) is 6.93. The number of hydrogen-bond donors (Lipinski definition) is 2. The van der Waals surface area contributed by atoms with Crippen LogP contribution < -0.4 is 11.5 Å². The molecule has 30 heavy (non-hydrogen) atoms. The van der Waals surface area contributed by atoms with Gasteiger partial charge < -0.3 is 11.5 Å². The Labute approximate surface area is 167 Å². The van der Waals surface area contributed by atoms with Gasteiger partial charge in [-0.1, -0.05) is 0 Å². The fourth-order valence-corrected chi connectivity index (χ4v) is 2.99. The minimum atomic E-state index is -0.213. The maximum absolute atomic E-state index is 9.41. The largest absolute Gasteiger partial charge is 0.325 e. The molecule has 0 fully saturated rings. The molecule has 0 aliphatic heterocycles. The maximum atomic E-state index is 9.41. The van der Waals surface area contributed by atoms with Gasteiger partial charge in [0.15, 0.2) is 22.8 Å². The predicted molar refractivity (Wildman–Crippen MR) is 100 cm³/mol. The second-order valence-corrected chi connectivity index (χ2v) is 5.91. The van der Waals surface area contributed by atoms with Crippen molar-refractivity contribution in [3.63, 3.8) is 0 Å². The van der Waals surface area contributed by atoms with Crippen molar-refractivity contribution in [2.24, 2.45) is 11.5 Å². The highest BCUT2D eigenvalue weighted by atomic mass is 14.9. The summed E-state index contributed by atoms with van der Waals surface area (Å²) in [5.74, 6) is 0. The summed E-state index contributed by atoms with van der Waals surface area (Å²) in [5, 5.41) is 37.5. The van der Waals surface area contributed by atoms with E-state index in [1.165, 1.54) is 0 Å². The van der Waals surface area contributed by atoms with Crippen molar-refractivity contribution >= 4 is 33.1 Å². The van der Waals surface area contributed by atoms with Gasteiger partial charge in [-0.05, 0) is 0 Å². The molecular formula is C18H8N12. The molecule has 0 unspecified atom stereocenters. The van der Waals surface area contributed by atoms with Crippen LogP contribution in [0, 0.1) is 45.3 Å². The van der Waals surface area contributed by atoms with Gasteiger partial charge in [-0.15, -0.1) is 0 Å². The molecule has 12 heteroatoms. The number of aromatic nitrogens is 6. The molecule has 0 amide bonds. The summed E-state index contributed by atoms with van der Waals surface area (Å²) in [5.41, 5.74) is 12.3. The van der Waals surface area contributed by atoms with E-state index in [0.29, 0.717) is 0 Å². The van der Waals surface area contributed by atoms with Crippen LogP contribution >= 0.6 is 0 Å². The monoisotopic (exact) mass is 392 g/mol. The third-order valence-corrected chi connectivity index (χ3v) is 4.32. The fraction of sp³-hybridized carbons (Fsp3) is 0.111. The summed E-state index contributed by atoms with van der Waals surface area (Å²) in [6, 6.07) is 7.48. The molecular weight excluding hydrogens is 384 g/mol. The molecule has 0 aliphatic carbocycles. The quantitative estimate of drug-likeness (QED) is 0.427. The van der Waals surface area contributed by atoms with Crippen LogP contribution in [0.4, 0.5) is 0 Å². The Bertz CT molecular complexity index is 1520. The third kappa shape index (κ3) is 2.51. The number of benzene rings is 1. The van der Waals surface area contributed by atoms with Gasteiger partial charge in [0, 0.05) is 13.1 Å². The van der Waals surface area contributed by atoms with Gasteiger partial charge in [0.05, 0.1) is 11.4 Å². The Balaban J connectivity index is 2.38. The first-order valence-corrected chi connectivity index (χ1v) is 8.35. The lowest BCUT2D eigenvalue weighted by atomic mass is 10.1. The maximum Gasteiger partial charge on any atom is 0.177 e. The molecule has 0 spiro atoms. The summed E-state index contributed by atoms with van der Waals surface area (Å²) in [4.78, 5) is 25.9. The van der Waals surface area contributed by atoms with Crippen molar-refractivity contribution in [2.45, 2.75) is 13.1 Å². The van der Waals surface area contributed by atoms with Gasteiger partial charge in [-0.3, -0.25) is 0 Å². The molecule has 12 nitrogen and oxygen atoms in total. The zero-order valence-corrected chi connectivity index (χ0v) is 15.0. The van der Waals surface area contributed by atoms with E-state index in [2.05, 4.69) is 29.9 Å². The molecule has 0 bridgehead atoms. The predicted octanol–water partition coefficient (Wildman–Crippen LogP) is -0.0797. The number of hydrogen-bond acceptors (Lipinski definition) is 12. The molecule has 140 valence electrons. The molecule has 3 heterocycles. The zero-order chi connectivity index (χ0) is 21.4. The molecule has 0 saturated carbocycles. The summed E-state index contributed by atoms with van der Waals surface area (Å²) in [6.45, 7) is -0.124. The second-order valence-electron chi connectivity index (χ2n) is 5.91. The van der Waals surface area contributed by atoms with Gasteiger partial charge in [0.1, 0.15) is 57.4 Å². The van der Waals surface area contributed by atoms with E-state index in [1.807, 2.05) is 24.3 Å². The number of nitrogens with two attached hydrogens (primary N) is 2. The van der Waals surface area contributed by atoms with Crippen molar-refractivity contribution in [1.29, 1.82) is 21.0 Å². The minimum absolute atomic E-state index is 0.00628. The highest BCUT2D eigenvalue weighted by Crippen LogP contribution is 2.31. The third-order valence-electron chi connectivity index (χ3n) is 4.32. The normalized spacial score (nSPS) is 10.5. The van der Waals surface area contributed by atoms with E-state index in [-0.39, 0.29) is 80.4 Å². The van der Waals surface area contributed by atoms with E-state index in [4.69, 9.17) is 11.5 Å². The number of fused-ring (bicyclic) bond motifs is 6. The Kier molecular flexibility index (Phi) is 4.27. The van der Waals surface area contributed by atoms with Gasteiger partial charge in [0.25, 0.3) is 0 Å². The molecule has 3 aromatic heterocycles. The Morgan fingerprint density at radius 2 is 0.733 bits per heavy atom. The van der Waals surface area contributed by atoms with E-state index in [1.54, 1.807) is 0 Å². The van der Waals surface area contributed by atoms with Gasteiger partial charge >= 0.3 is 0 Å². The van der Waals surface area contributed by atoms with E-state index in [9.17, 15) is 21.0 Å². The van der Waals surface area contributed by atoms with E-state index >= 15 is 0 Å². The summed E-state index contributed by atoms with van der Waals surface area (Å²) in [6.07, 6.45) is 0. The first-order chi connectivity index (χ1) is 14.6. The molecule has 1 aromatic carbocycles. The summed E-state index contributed by atoms with van der Waals surface area (Å²) >= 11 is 0. The highest BCUT2D eigenvalue weighted by molar-refractivity contribution is 6.18. The van der Waals surface area contributed by atoms with Crippen LogP contribution in [0.1, 0.15) is 34.2 Å². The summed E-state index contributed by atoms with van der Waals surface area (Å²) in [7, 11) is 0. The number of nitrogens with zero attached hydrogens (tertiary/aromatic N) is 10. The molecule has 0 aliphatic rings. The Hall–Kier alpha value is -4.88. The Morgan fingerprint density at radius 3 is 1.00 bits per heavy atom. The lowest BCUT2D eigenvalue weighted by Crippen LogP contribution is -2.10. The van der Waals surface area contributed by atoms with Crippen molar-refractivity contribution in [3.05, 3.63) is 34.2 Å². The fourth-order valence-electron chi connectivity index (χ4n) is 2.99. The molecule has 4 rings (SSSR count). The molecule has 0 saturated heterocycles. The smallest absolute Gasteiger partial charge is 0.177 e. The van der Waals surface area contributed by atoms with Gasteiger partial charge in [0.2, 0.25) is 0 Å². The van der Waals surface area contributed by atoms with Crippen molar-refractivity contribution < 1.29 is 0 Å². The van der Waals surface area contributed by atoms with Crippen molar-refractivity contribution in [1.82, 2.24) is 29.9 Å².